The molecular formula is C11H19N3O. The van der Waals surface area contributed by atoms with Crippen molar-refractivity contribution in [2.45, 2.75) is 38.4 Å². The zero-order valence-electron chi connectivity index (χ0n) is 9.44. The van der Waals surface area contributed by atoms with Crippen molar-refractivity contribution in [3.8, 4) is 0 Å². The third kappa shape index (κ3) is 3.04. The molecule has 4 nitrogen and oxygen atoms in total. The first-order chi connectivity index (χ1) is 7.27. The molecule has 1 aromatic rings. The van der Waals surface area contributed by atoms with Crippen molar-refractivity contribution in [3.05, 3.63) is 18.4 Å². The van der Waals surface area contributed by atoms with E-state index in [1.165, 1.54) is 19.2 Å². The average molecular weight is 209 g/mol. The molecule has 1 atom stereocenters. The smallest absolute Gasteiger partial charge is 0.180 e. The highest BCUT2D eigenvalue weighted by molar-refractivity contribution is 4.89. The first kappa shape index (κ1) is 10.6. The van der Waals surface area contributed by atoms with Crippen LogP contribution in [0.1, 0.15) is 25.5 Å². The third-order valence-electron chi connectivity index (χ3n) is 3.04. The fourth-order valence-electron chi connectivity index (χ4n) is 1.72. The SMILES string of the molecule is CC(CNCc1cnco1)N(C)C1CC1. The van der Waals surface area contributed by atoms with Gasteiger partial charge in [-0.1, -0.05) is 0 Å². The van der Waals surface area contributed by atoms with Gasteiger partial charge in [0.05, 0.1) is 12.7 Å². The summed E-state index contributed by atoms with van der Waals surface area (Å²) in [6.45, 7) is 4.02. The van der Waals surface area contributed by atoms with E-state index < -0.39 is 0 Å². The van der Waals surface area contributed by atoms with Gasteiger partial charge in [0.25, 0.3) is 0 Å². The Labute approximate surface area is 90.7 Å². The molecule has 15 heavy (non-hydrogen) atoms. The fraction of sp³-hybridized carbons (Fsp3) is 0.727. The van der Waals surface area contributed by atoms with Gasteiger partial charge in [0.2, 0.25) is 0 Å². The quantitative estimate of drug-likeness (QED) is 0.765. The molecule has 0 amide bonds. The second kappa shape index (κ2) is 4.77. The van der Waals surface area contributed by atoms with Gasteiger partial charge in [-0.25, -0.2) is 4.98 Å². The van der Waals surface area contributed by atoms with Crippen molar-refractivity contribution in [2.24, 2.45) is 0 Å². The van der Waals surface area contributed by atoms with Crippen molar-refractivity contribution in [1.82, 2.24) is 15.2 Å². The summed E-state index contributed by atoms with van der Waals surface area (Å²) in [5.41, 5.74) is 0. The largest absolute Gasteiger partial charge is 0.447 e. The van der Waals surface area contributed by atoms with Gasteiger partial charge in [0.15, 0.2) is 6.39 Å². The summed E-state index contributed by atoms with van der Waals surface area (Å²) in [5.74, 6) is 0.899. The van der Waals surface area contributed by atoms with Crippen molar-refractivity contribution >= 4 is 0 Å². The molecule has 1 aromatic heterocycles. The maximum Gasteiger partial charge on any atom is 0.180 e. The molecule has 1 fully saturated rings. The summed E-state index contributed by atoms with van der Waals surface area (Å²) in [5, 5.41) is 3.38. The number of hydrogen-bond acceptors (Lipinski definition) is 4. The van der Waals surface area contributed by atoms with Crippen LogP contribution in [-0.2, 0) is 6.54 Å². The Kier molecular flexibility index (Phi) is 3.38. The van der Waals surface area contributed by atoms with Crippen LogP contribution in [0.2, 0.25) is 0 Å². The van der Waals surface area contributed by atoms with Gasteiger partial charge in [-0.05, 0) is 26.8 Å². The highest BCUT2D eigenvalue weighted by Gasteiger charge is 2.28. The Morgan fingerprint density at radius 2 is 2.47 bits per heavy atom. The summed E-state index contributed by atoms with van der Waals surface area (Å²) < 4.78 is 5.15. The zero-order chi connectivity index (χ0) is 10.7. The molecule has 1 heterocycles. The molecule has 0 aromatic carbocycles. The van der Waals surface area contributed by atoms with Crippen molar-refractivity contribution < 1.29 is 4.42 Å². The standard InChI is InChI=1S/C11H19N3O/c1-9(14(2)10-3-4-10)5-12-6-11-7-13-8-15-11/h7-10,12H,3-6H2,1-2H3. The molecule has 0 saturated heterocycles. The van der Waals surface area contributed by atoms with Gasteiger partial charge < -0.3 is 9.73 Å². The molecule has 2 rings (SSSR count). The van der Waals surface area contributed by atoms with Gasteiger partial charge in [-0.3, -0.25) is 4.90 Å². The van der Waals surface area contributed by atoms with Crippen LogP contribution in [0.3, 0.4) is 0 Å². The normalized spacial score (nSPS) is 18.3. The summed E-state index contributed by atoms with van der Waals surface area (Å²) in [6, 6.07) is 1.41. The van der Waals surface area contributed by atoms with Gasteiger partial charge in [-0.2, -0.15) is 0 Å². The molecular weight excluding hydrogens is 190 g/mol. The van der Waals surface area contributed by atoms with Gasteiger partial charge >= 0.3 is 0 Å². The van der Waals surface area contributed by atoms with Crippen molar-refractivity contribution in [2.75, 3.05) is 13.6 Å². The minimum absolute atomic E-state index is 0.584. The van der Waals surface area contributed by atoms with E-state index in [2.05, 4.69) is 29.2 Å². The molecule has 1 N–H and O–H groups in total. The van der Waals surface area contributed by atoms with Gasteiger partial charge in [0.1, 0.15) is 5.76 Å². The van der Waals surface area contributed by atoms with E-state index in [1.54, 1.807) is 6.20 Å². The Balaban J connectivity index is 1.64. The number of nitrogens with zero attached hydrogens (tertiary/aromatic N) is 2. The van der Waals surface area contributed by atoms with Gasteiger partial charge in [-0.15, -0.1) is 0 Å². The highest BCUT2D eigenvalue weighted by atomic mass is 16.3. The molecule has 0 bridgehead atoms. The summed E-state index contributed by atoms with van der Waals surface area (Å²) in [4.78, 5) is 6.33. The Hall–Kier alpha value is -0.870. The zero-order valence-corrected chi connectivity index (χ0v) is 9.44. The highest BCUT2D eigenvalue weighted by Crippen LogP contribution is 2.26. The van der Waals surface area contributed by atoms with E-state index in [-0.39, 0.29) is 0 Å². The predicted octanol–water partition coefficient (Wildman–Crippen LogP) is 1.25. The number of likely N-dealkylation sites (N-methyl/N-ethyl adjacent to an activating group) is 1. The summed E-state index contributed by atoms with van der Waals surface area (Å²) >= 11 is 0. The Morgan fingerprint density at radius 1 is 1.67 bits per heavy atom. The second-order valence-corrected chi connectivity index (χ2v) is 4.34. The first-order valence-corrected chi connectivity index (χ1v) is 5.57. The lowest BCUT2D eigenvalue weighted by Gasteiger charge is -2.24. The number of oxazole rings is 1. The van der Waals surface area contributed by atoms with E-state index in [4.69, 9.17) is 4.42 Å². The molecule has 4 heteroatoms. The molecule has 1 unspecified atom stereocenters. The molecule has 1 aliphatic rings. The summed E-state index contributed by atoms with van der Waals surface area (Å²) in [7, 11) is 2.21. The Bertz CT molecular complexity index is 282. The minimum atomic E-state index is 0.584. The van der Waals surface area contributed by atoms with Crippen LogP contribution in [-0.4, -0.2) is 35.6 Å². The maximum atomic E-state index is 5.15. The maximum absolute atomic E-state index is 5.15. The fourth-order valence-corrected chi connectivity index (χ4v) is 1.72. The molecule has 84 valence electrons. The van der Waals surface area contributed by atoms with Crippen LogP contribution < -0.4 is 5.32 Å². The average Bonchev–Trinajstić information content (AvgIpc) is 2.96. The van der Waals surface area contributed by atoms with E-state index >= 15 is 0 Å². The van der Waals surface area contributed by atoms with Crippen LogP contribution in [0.5, 0.6) is 0 Å². The topological polar surface area (TPSA) is 41.3 Å². The molecule has 1 saturated carbocycles. The van der Waals surface area contributed by atoms with Crippen LogP contribution in [0, 0.1) is 0 Å². The van der Waals surface area contributed by atoms with Crippen LogP contribution in [0.15, 0.2) is 17.0 Å². The lowest BCUT2D eigenvalue weighted by atomic mass is 10.3. The van der Waals surface area contributed by atoms with Crippen LogP contribution in [0.25, 0.3) is 0 Å². The molecule has 0 spiro atoms. The van der Waals surface area contributed by atoms with E-state index in [9.17, 15) is 0 Å². The van der Waals surface area contributed by atoms with Crippen LogP contribution >= 0.6 is 0 Å². The molecule has 1 aliphatic carbocycles. The van der Waals surface area contributed by atoms with Crippen molar-refractivity contribution in [3.63, 3.8) is 0 Å². The Morgan fingerprint density at radius 3 is 3.07 bits per heavy atom. The van der Waals surface area contributed by atoms with E-state index in [1.807, 2.05) is 0 Å². The lowest BCUT2D eigenvalue weighted by Crippen LogP contribution is -2.38. The van der Waals surface area contributed by atoms with E-state index in [0.717, 1.165) is 24.9 Å². The molecule has 0 radical (unpaired) electrons. The van der Waals surface area contributed by atoms with E-state index in [0.29, 0.717) is 6.04 Å². The van der Waals surface area contributed by atoms with Crippen molar-refractivity contribution in [1.29, 1.82) is 0 Å². The van der Waals surface area contributed by atoms with Crippen LogP contribution in [0.4, 0.5) is 0 Å². The predicted molar refractivity (Wildman–Crippen MR) is 58.5 cm³/mol. The lowest BCUT2D eigenvalue weighted by molar-refractivity contribution is 0.239. The summed E-state index contributed by atoms with van der Waals surface area (Å²) in [6.07, 6.45) is 5.95. The molecule has 0 aliphatic heterocycles. The van der Waals surface area contributed by atoms with Gasteiger partial charge in [0, 0.05) is 18.6 Å². The number of rotatable bonds is 6. The number of nitrogens with one attached hydrogen (secondary N) is 1. The number of aromatic nitrogens is 1. The number of hydrogen-bond donors (Lipinski definition) is 1. The minimum Gasteiger partial charge on any atom is -0.447 e. The third-order valence-corrected chi connectivity index (χ3v) is 3.04. The second-order valence-electron chi connectivity index (χ2n) is 4.34. The monoisotopic (exact) mass is 209 g/mol. The first-order valence-electron chi connectivity index (χ1n) is 5.57.